The van der Waals surface area contributed by atoms with Gasteiger partial charge in [0.25, 0.3) is 0 Å². The van der Waals surface area contributed by atoms with E-state index in [4.69, 9.17) is 0 Å². The molecule has 2 aliphatic rings. The highest BCUT2D eigenvalue weighted by Gasteiger charge is 2.35. The largest absolute Gasteiger partial charge is 0.312 e. The highest BCUT2D eigenvalue weighted by Crippen LogP contribution is 2.36. The maximum atomic E-state index is 12.2. The summed E-state index contributed by atoms with van der Waals surface area (Å²) in [5, 5.41) is 0. The zero-order valence-corrected chi connectivity index (χ0v) is 11.4. The van der Waals surface area contributed by atoms with E-state index in [0.29, 0.717) is 5.69 Å². The Hall–Kier alpha value is -1.56. The van der Waals surface area contributed by atoms with Crippen LogP contribution in [0.3, 0.4) is 0 Å². The lowest BCUT2D eigenvalue weighted by Gasteiger charge is -2.30. The van der Waals surface area contributed by atoms with E-state index in [0.717, 1.165) is 43.5 Å². The fourth-order valence-electron chi connectivity index (χ4n) is 2.53. The molecule has 5 nitrogen and oxygen atoms in total. The summed E-state index contributed by atoms with van der Waals surface area (Å²) in [6, 6.07) is 5.41. The van der Waals surface area contributed by atoms with Crippen LogP contribution in [0.1, 0.15) is 24.8 Å². The van der Waals surface area contributed by atoms with Crippen LogP contribution < -0.4 is 9.62 Å². The fourth-order valence-corrected chi connectivity index (χ4v) is 2.88. The van der Waals surface area contributed by atoms with E-state index >= 15 is 0 Å². The minimum atomic E-state index is -2.67. The standard InChI is InChI=1S/C13H16N2O3S/c16-13(10-3-4-10)15-7-1-2-9-5-6-11(8-12(9)15)14-19(17)18/h5-6,8,10,19H,1-4,7H2,(H,14,17,18). The summed E-state index contributed by atoms with van der Waals surface area (Å²) in [6.07, 6.45) is 3.87. The Morgan fingerprint density at radius 2 is 2.11 bits per heavy atom. The number of rotatable bonds is 3. The monoisotopic (exact) mass is 280 g/mol. The molecule has 0 saturated heterocycles. The Balaban J connectivity index is 1.93. The predicted octanol–water partition coefficient (Wildman–Crippen LogP) is 1.31. The van der Waals surface area contributed by atoms with Gasteiger partial charge in [0.05, 0.1) is 5.69 Å². The van der Waals surface area contributed by atoms with Gasteiger partial charge in [0.1, 0.15) is 0 Å². The first-order valence-electron chi connectivity index (χ1n) is 6.50. The van der Waals surface area contributed by atoms with Crippen molar-refractivity contribution in [2.24, 2.45) is 5.92 Å². The molecule has 1 fully saturated rings. The molecular formula is C13H16N2O3S. The lowest BCUT2D eigenvalue weighted by molar-refractivity contribution is -0.119. The van der Waals surface area contributed by atoms with E-state index < -0.39 is 10.9 Å². The van der Waals surface area contributed by atoms with Crippen molar-refractivity contribution in [3.8, 4) is 0 Å². The van der Waals surface area contributed by atoms with E-state index in [-0.39, 0.29) is 11.8 Å². The molecule has 6 heteroatoms. The van der Waals surface area contributed by atoms with E-state index in [2.05, 4.69) is 4.72 Å². The van der Waals surface area contributed by atoms with Gasteiger partial charge in [-0.2, -0.15) is 0 Å². The SMILES string of the molecule is O=C(C1CC1)N1CCCc2ccc(N[SH](=O)=O)cc21. The normalized spacial score (nSPS) is 18.3. The van der Waals surface area contributed by atoms with E-state index in [1.165, 1.54) is 0 Å². The molecule has 0 radical (unpaired) electrons. The first kappa shape index (κ1) is 12.5. The Bertz CT molecular complexity index is 586. The van der Waals surface area contributed by atoms with Crippen LogP contribution in [0.5, 0.6) is 0 Å². The molecule has 0 aromatic heterocycles. The number of hydrogen-bond donors (Lipinski definition) is 2. The molecule has 1 aromatic rings. The maximum absolute atomic E-state index is 12.2. The number of nitrogens with zero attached hydrogens (tertiary/aromatic N) is 1. The van der Waals surface area contributed by atoms with Crippen LogP contribution >= 0.6 is 0 Å². The highest BCUT2D eigenvalue weighted by atomic mass is 32.2. The van der Waals surface area contributed by atoms with Gasteiger partial charge >= 0.3 is 0 Å². The van der Waals surface area contributed by atoms with Crippen LogP contribution in [0.25, 0.3) is 0 Å². The van der Waals surface area contributed by atoms with Crippen LogP contribution in [0.2, 0.25) is 0 Å². The van der Waals surface area contributed by atoms with Crippen molar-refractivity contribution in [2.75, 3.05) is 16.2 Å². The Labute approximate surface area is 113 Å². The van der Waals surface area contributed by atoms with Gasteiger partial charge in [0.15, 0.2) is 0 Å². The number of amides is 1. The second kappa shape index (κ2) is 4.85. The number of anilines is 2. The molecule has 0 atom stereocenters. The van der Waals surface area contributed by atoms with Gasteiger partial charge in [-0.15, -0.1) is 0 Å². The number of benzene rings is 1. The number of carbonyl (C=O) groups excluding carboxylic acids is 1. The van der Waals surface area contributed by atoms with Crippen molar-refractivity contribution in [3.63, 3.8) is 0 Å². The zero-order chi connectivity index (χ0) is 13.4. The molecule has 0 unspecified atom stereocenters. The summed E-state index contributed by atoms with van der Waals surface area (Å²) >= 11 is 0. The lowest BCUT2D eigenvalue weighted by atomic mass is 10.0. The molecule has 1 aliphatic heterocycles. The third kappa shape index (κ3) is 2.58. The maximum Gasteiger partial charge on any atom is 0.230 e. The summed E-state index contributed by atoms with van der Waals surface area (Å²) in [5.74, 6) is 0.364. The second-order valence-corrected chi connectivity index (χ2v) is 5.82. The van der Waals surface area contributed by atoms with Crippen LogP contribution in [-0.4, -0.2) is 20.9 Å². The van der Waals surface area contributed by atoms with Crippen LogP contribution in [0.4, 0.5) is 11.4 Å². The smallest absolute Gasteiger partial charge is 0.230 e. The van der Waals surface area contributed by atoms with Gasteiger partial charge in [0, 0.05) is 18.2 Å². The van der Waals surface area contributed by atoms with Crippen LogP contribution in [0, 0.1) is 5.92 Å². The average molecular weight is 280 g/mol. The molecule has 1 N–H and O–H groups in total. The van der Waals surface area contributed by atoms with Crippen molar-refractivity contribution in [1.82, 2.24) is 0 Å². The number of nitrogens with one attached hydrogen (secondary N) is 1. The second-order valence-electron chi connectivity index (χ2n) is 5.08. The topological polar surface area (TPSA) is 66.5 Å². The third-order valence-electron chi connectivity index (χ3n) is 3.62. The van der Waals surface area contributed by atoms with Gasteiger partial charge in [-0.1, -0.05) is 6.07 Å². The minimum Gasteiger partial charge on any atom is -0.312 e. The lowest BCUT2D eigenvalue weighted by Crippen LogP contribution is -2.36. The highest BCUT2D eigenvalue weighted by molar-refractivity contribution is 7.73. The molecule has 1 saturated carbocycles. The van der Waals surface area contributed by atoms with E-state index in [9.17, 15) is 13.2 Å². The number of carbonyl (C=O) groups is 1. The third-order valence-corrected chi connectivity index (χ3v) is 4.06. The minimum absolute atomic E-state index is 0.179. The summed E-state index contributed by atoms with van der Waals surface area (Å²) in [7, 11) is -2.67. The molecule has 0 bridgehead atoms. The van der Waals surface area contributed by atoms with Gasteiger partial charge in [0.2, 0.25) is 16.8 Å². The predicted molar refractivity (Wildman–Crippen MR) is 73.8 cm³/mol. The van der Waals surface area contributed by atoms with Gasteiger partial charge < -0.3 is 4.90 Å². The summed E-state index contributed by atoms with van der Waals surface area (Å²) in [5.41, 5.74) is 2.50. The molecule has 1 aromatic carbocycles. The zero-order valence-electron chi connectivity index (χ0n) is 10.5. The Morgan fingerprint density at radius 3 is 2.79 bits per heavy atom. The van der Waals surface area contributed by atoms with Crippen molar-refractivity contribution in [3.05, 3.63) is 23.8 Å². The molecule has 0 spiro atoms. The quantitative estimate of drug-likeness (QED) is 0.821. The molecule has 19 heavy (non-hydrogen) atoms. The van der Waals surface area contributed by atoms with Crippen LogP contribution in [-0.2, 0) is 22.1 Å². The Morgan fingerprint density at radius 1 is 1.32 bits per heavy atom. The average Bonchev–Trinajstić information content (AvgIpc) is 3.20. The molecule has 1 aliphatic carbocycles. The van der Waals surface area contributed by atoms with Crippen molar-refractivity contribution in [1.29, 1.82) is 0 Å². The van der Waals surface area contributed by atoms with E-state index in [1.807, 2.05) is 11.0 Å². The number of hydrogen-bond acceptors (Lipinski definition) is 3. The fraction of sp³-hybridized carbons (Fsp3) is 0.462. The van der Waals surface area contributed by atoms with Crippen molar-refractivity contribution < 1.29 is 13.2 Å². The number of aryl methyl sites for hydroxylation is 1. The van der Waals surface area contributed by atoms with Gasteiger partial charge in [-0.25, -0.2) is 8.42 Å². The van der Waals surface area contributed by atoms with Crippen molar-refractivity contribution in [2.45, 2.75) is 25.7 Å². The van der Waals surface area contributed by atoms with Crippen molar-refractivity contribution >= 4 is 28.2 Å². The first-order valence-corrected chi connectivity index (χ1v) is 7.68. The molecule has 1 heterocycles. The summed E-state index contributed by atoms with van der Waals surface area (Å²) in [4.78, 5) is 14.1. The number of thiol groups is 1. The molecule has 3 rings (SSSR count). The summed E-state index contributed by atoms with van der Waals surface area (Å²) < 4.78 is 23.8. The number of fused-ring (bicyclic) bond motifs is 1. The molecular weight excluding hydrogens is 264 g/mol. The van der Waals surface area contributed by atoms with Crippen LogP contribution in [0.15, 0.2) is 18.2 Å². The van der Waals surface area contributed by atoms with Gasteiger partial charge in [-0.05, 0) is 43.4 Å². The Kier molecular flexibility index (Phi) is 3.18. The molecule has 102 valence electrons. The van der Waals surface area contributed by atoms with E-state index in [1.54, 1.807) is 12.1 Å². The van der Waals surface area contributed by atoms with Gasteiger partial charge in [-0.3, -0.25) is 9.52 Å². The summed E-state index contributed by atoms with van der Waals surface area (Å²) in [6.45, 7) is 0.731. The first-order chi connectivity index (χ1) is 9.15. The molecule has 1 amide bonds.